The summed E-state index contributed by atoms with van der Waals surface area (Å²) in [4.78, 5) is 2.51. The van der Waals surface area contributed by atoms with Crippen molar-refractivity contribution >= 4 is 22.7 Å². The largest absolute Gasteiger partial charge is 0.490 e. The molecule has 1 aliphatic heterocycles. The van der Waals surface area contributed by atoms with Crippen molar-refractivity contribution in [2.45, 2.75) is 38.8 Å². The zero-order chi connectivity index (χ0) is 20.7. The predicted molar refractivity (Wildman–Crippen MR) is 123 cm³/mol. The van der Waals surface area contributed by atoms with Crippen LogP contribution in [-0.4, -0.2) is 52.7 Å². The van der Waals surface area contributed by atoms with Gasteiger partial charge in [-0.1, -0.05) is 12.8 Å². The molecule has 2 N–H and O–H groups in total. The summed E-state index contributed by atoms with van der Waals surface area (Å²) in [5.74, 6) is 1.94. The molecule has 168 valence electrons. The summed E-state index contributed by atoms with van der Waals surface area (Å²) in [5.41, 5.74) is 0. The number of fused-ring (bicyclic) bond motifs is 2. The van der Waals surface area contributed by atoms with Crippen LogP contribution in [0.1, 0.15) is 35.4 Å². The van der Waals surface area contributed by atoms with Gasteiger partial charge in [0.2, 0.25) is 0 Å². The van der Waals surface area contributed by atoms with E-state index in [1.54, 1.807) is 22.7 Å². The van der Waals surface area contributed by atoms with Crippen molar-refractivity contribution in [2.75, 3.05) is 52.7 Å². The van der Waals surface area contributed by atoms with Crippen LogP contribution in [0.2, 0.25) is 0 Å². The summed E-state index contributed by atoms with van der Waals surface area (Å²) in [5, 5.41) is 11.3. The van der Waals surface area contributed by atoms with E-state index in [1.807, 2.05) is 12.1 Å². The molecule has 0 saturated carbocycles. The maximum Gasteiger partial charge on any atom is 0.134 e. The first kappa shape index (κ1) is 23.5. The SMILES string of the molecule is c1cc2c(s1)CNCCCCCCNCc1sccc1OCCOCCOCCO2. The monoisotopic (exact) mass is 454 g/mol. The van der Waals surface area contributed by atoms with Gasteiger partial charge in [0, 0.05) is 13.1 Å². The van der Waals surface area contributed by atoms with Gasteiger partial charge in [0.15, 0.2) is 0 Å². The molecule has 8 heteroatoms. The molecule has 2 aromatic heterocycles. The molecule has 1 aliphatic rings. The highest BCUT2D eigenvalue weighted by atomic mass is 32.1. The van der Waals surface area contributed by atoms with E-state index in [2.05, 4.69) is 21.4 Å². The molecule has 0 atom stereocenters. The number of hydrogen-bond acceptors (Lipinski definition) is 8. The highest BCUT2D eigenvalue weighted by molar-refractivity contribution is 7.10. The van der Waals surface area contributed by atoms with E-state index >= 15 is 0 Å². The number of hydrogen-bond donors (Lipinski definition) is 2. The van der Waals surface area contributed by atoms with Gasteiger partial charge in [0.05, 0.1) is 36.2 Å². The smallest absolute Gasteiger partial charge is 0.134 e. The Hall–Kier alpha value is -1.16. The molecule has 3 heterocycles. The summed E-state index contributed by atoms with van der Waals surface area (Å²) in [6.07, 6.45) is 4.93. The summed E-state index contributed by atoms with van der Waals surface area (Å²) >= 11 is 3.48. The first-order chi connectivity index (χ1) is 14.9. The van der Waals surface area contributed by atoms with Crippen molar-refractivity contribution in [1.29, 1.82) is 0 Å². The molecule has 0 fully saturated rings. The van der Waals surface area contributed by atoms with Crippen molar-refractivity contribution in [3.63, 3.8) is 0 Å². The zero-order valence-electron chi connectivity index (χ0n) is 17.7. The lowest BCUT2D eigenvalue weighted by atomic mass is 10.2. The van der Waals surface area contributed by atoms with Crippen molar-refractivity contribution in [2.24, 2.45) is 0 Å². The van der Waals surface area contributed by atoms with E-state index in [1.165, 1.54) is 35.4 Å². The predicted octanol–water partition coefficient (Wildman–Crippen LogP) is 4.05. The minimum absolute atomic E-state index is 0.557. The van der Waals surface area contributed by atoms with E-state index in [0.29, 0.717) is 39.6 Å². The lowest BCUT2D eigenvalue weighted by Gasteiger charge is -2.11. The molecule has 0 aromatic carbocycles. The van der Waals surface area contributed by atoms with E-state index in [-0.39, 0.29) is 0 Å². The molecule has 0 bridgehead atoms. The van der Waals surface area contributed by atoms with Crippen LogP contribution in [0.15, 0.2) is 22.9 Å². The number of rotatable bonds is 0. The van der Waals surface area contributed by atoms with Gasteiger partial charge in [0.25, 0.3) is 0 Å². The Balaban J connectivity index is 1.40. The van der Waals surface area contributed by atoms with E-state index in [9.17, 15) is 0 Å². The minimum atomic E-state index is 0.557. The molecule has 0 unspecified atom stereocenters. The Morgan fingerprint density at radius 2 is 1.07 bits per heavy atom. The Bertz CT molecular complexity index is 581. The number of nitrogens with one attached hydrogen (secondary N) is 2. The van der Waals surface area contributed by atoms with Gasteiger partial charge in [0.1, 0.15) is 24.7 Å². The van der Waals surface area contributed by atoms with E-state index < -0.39 is 0 Å². The fourth-order valence-corrected chi connectivity index (χ4v) is 4.74. The van der Waals surface area contributed by atoms with Gasteiger partial charge in [-0.15, -0.1) is 22.7 Å². The standard InChI is InChI=1S/C22H34N2O4S2/c1-2-4-8-24-18-22-20(6-16-30-22)28-14-12-26-10-9-25-11-13-27-19-5-15-29-21(19)17-23-7-3-1/h5-6,15-16,23-24H,1-4,7-14,17-18H2. The van der Waals surface area contributed by atoms with Crippen molar-refractivity contribution < 1.29 is 18.9 Å². The molecule has 2 aromatic rings. The van der Waals surface area contributed by atoms with Gasteiger partial charge in [-0.2, -0.15) is 0 Å². The van der Waals surface area contributed by atoms with Crippen LogP contribution >= 0.6 is 22.7 Å². The molecule has 3 rings (SSSR count). The average molecular weight is 455 g/mol. The van der Waals surface area contributed by atoms with Crippen LogP contribution < -0.4 is 20.1 Å². The second-order valence-corrected chi connectivity index (χ2v) is 9.11. The van der Waals surface area contributed by atoms with Crippen molar-refractivity contribution in [1.82, 2.24) is 10.6 Å². The Kier molecular flexibility index (Phi) is 11.6. The van der Waals surface area contributed by atoms with Crippen LogP contribution in [0.5, 0.6) is 11.5 Å². The quantitative estimate of drug-likeness (QED) is 0.626. The third kappa shape index (κ3) is 8.91. The Morgan fingerprint density at radius 3 is 1.57 bits per heavy atom. The van der Waals surface area contributed by atoms with E-state index in [0.717, 1.165) is 37.7 Å². The second kappa shape index (κ2) is 14.8. The first-order valence-corrected chi connectivity index (χ1v) is 12.6. The van der Waals surface area contributed by atoms with Crippen LogP contribution in [0, 0.1) is 0 Å². The normalized spacial score (nSPS) is 19.5. The highest BCUT2D eigenvalue weighted by Gasteiger charge is 2.07. The molecular formula is C22H34N2O4S2. The summed E-state index contributed by atoms with van der Waals surface area (Å²) < 4.78 is 22.9. The van der Waals surface area contributed by atoms with Gasteiger partial charge < -0.3 is 29.6 Å². The van der Waals surface area contributed by atoms with Gasteiger partial charge in [-0.25, -0.2) is 0 Å². The van der Waals surface area contributed by atoms with Crippen LogP contribution in [0.3, 0.4) is 0 Å². The average Bonchev–Trinajstić information content (AvgIpc) is 3.39. The van der Waals surface area contributed by atoms with Gasteiger partial charge in [-0.05, 0) is 48.8 Å². The maximum absolute atomic E-state index is 5.87. The minimum Gasteiger partial charge on any atom is -0.490 e. The van der Waals surface area contributed by atoms with Crippen molar-refractivity contribution in [3.05, 3.63) is 32.6 Å². The molecule has 0 aliphatic carbocycles. The van der Waals surface area contributed by atoms with Crippen LogP contribution in [0.25, 0.3) is 0 Å². The first-order valence-electron chi connectivity index (χ1n) is 10.9. The number of thiophene rings is 2. The van der Waals surface area contributed by atoms with E-state index in [4.69, 9.17) is 18.9 Å². The van der Waals surface area contributed by atoms with Crippen LogP contribution in [-0.2, 0) is 22.6 Å². The van der Waals surface area contributed by atoms with Crippen LogP contribution in [0.4, 0.5) is 0 Å². The van der Waals surface area contributed by atoms with Crippen molar-refractivity contribution in [3.8, 4) is 11.5 Å². The second-order valence-electron chi connectivity index (χ2n) is 7.11. The molecule has 30 heavy (non-hydrogen) atoms. The topological polar surface area (TPSA) is 61.0 Å². The van der Waals surface area contributed by atoms with Gasteiger partial charge >= 0.3 is 0 Å². The zero-order valence-corrected chi connectivity index (χ0v) is 19.3. The molecule has 0 spiro atoms. The van der Waals surface area contributed by atoms with Gasteiger partial charge in [-0.3, -0.25) is 0 Å². The molecule has 0 radical (unpaired) electrons. The third-order valence-corrected chi connectivity index (χ3v) is 6.58. The summed E-state index contributed by atoms with van der Waals surface area (Å²) in [7, 11) is 0. The number of ether oxygens (including phenoxy) is 4. The fourth-order valence-electron chi connectivity index (χ4n) is 3.17. The molecule has 6 nitrogen and oxygen atoms in total. The fraction of sp³-hybridized carbons (Fsp3) is 0.636. The maximum atomic E-state index is 5.87. The molecule has 0 amide bonds. The lowest BCUT2D eigenvalue weighted by molar-refractivity contribution is 0.0273. The highest BCUT2D eigenvalue weighted by Crippen LogP contribution is 2.25. The summed E-state index contributed by atoms with van der Waals surface area (Å²) in [6, 6.07) is 4.08. The summed E-state index contributed by atoms with van der Waals surface area (Å²) in [6.45, 7) is 7.20. The lowest BCUT2D eigenvalue weighted by Crippen LogP contribution is -2.17. The molecular weight excluding hydrogens is 420 g/mol. The third-order valence-electron chi connectivity index (χ3n) is 4.78. The Morgan fingerprint density at radius 1 is 0.600 bits per heavy atom. The molecule has 0 saturated heterocycles. The Labute approximate surface area is 187 Å².